The SMILES string of the molecule is CCOC(=O)C1(CCCn2c(=O)ccc3cccnc32)CCN(C(=O)OC(C)(C)C)CC1.CCOC(=O)C1(CCCn2c(=O)ccc3cccnc32)CCNCC1. The second kappa shape index (κ2) is 19.4. The van der Waals surface area contributed by atoms with Crippen LogP contribution in [0.2, 0.25) is 0 Å². The van der Waals surface area contributed by atoms with E-state index in [2.05, 4.69) is 15.3 Å². The standard InChI is InChI=1S/C24H33N3O5.C19H25N3O3/c1-5-31-21(29)24(12-16-26(17-13-24)22(30)32-23(2,3)4)11-7-15-27-19(28)10-9-18-8-6-14-25-20(18)27;1-2-25-18(24)19(9-12-20-13-10-19)8-4-14-22-16(23)7-6-15-5-3-11-21-17(15)22/h6,8-10,14H,5,7,11-13,15-17H2,1-4H3;3,5-7,11,20H,2,4,8-10,12-14H2,1H3. The molecule has 6 rings (SSSR count). The van der Waals surface area contributed by atoms with Gasteiger partial charge in [0.2, 0.25) is 0 Å². The zero-order chi connectivity index (χ0) is 41.1. The molecule has 1 amide bonds. The van der Waals surface area contributed by atoms with Crippen molar-refractivity contribution in [3.8, 4) is 0 Å². The first-order valence-electron chi connectivity index (χ1n) is 20.2. The van der Waals surface area contributed by atoms with Crippen LogP contribution in [-0.4, -0.2) is 87.0 Å². The van der Waals surface area contributed by atoms with Crippen molar-refractivity contribution in [2.75, 3.05) is 39.4 Å². The maximum atomic E-state index is 12.9. The third kappa shape index (κ3) is 10.8. The quantitative estimate of drug-likeness (QED) is 0.135. The molecule has 14 nitrogen and oxygen atoms in total. The number of fused-ring (bicyclic) bond motifs is 2. The Kier molecular flexibility index (Phi) is 14.6. The van der Waals surface area contributed by atoms with Crippen LogP contribution in [0, 0.1) is 10.8 Å². The summed E-state index contributed by atoms with van der Waals surface area (Å²) in [5.41, 5.74) is -0.482. The number of ether oxygens (including phenoxy) is 3. The number of likely N-dealkylation sites (tertiary alicyclic amines) is 1. The van der Waals surface area contributed by atoms with E-state index in [9.17, 15) is 24.0 Å². The summed E-state index contributed by atoms with van der Waals surface area (Å²) < 4.78 is 19.6. The fourth-order valence-electron chi connectivity index (χ4n) is 7.85. The normalized spacial score (nSPS) is 16.3. The van der Waals surface area contributed by atoms with Crippen LogP contribution in [0.15, 0.2) is 70.5 Å². The lowest BCUT2D eigenvalue weighted by Gasteiger charge is -2.40. The molecule has 308 valence electrons. The first-order valence-corrected chi connectivity index (χ1v) is 20.2. The molecular formula is C43H58N6O8. The van der Waals surface area contributed by atoms with Crippen LogP contribution in [0.3, 0.4) is 0 Å². The Morgan fingerprint density at radius 3 is 1.60 bits per heavy atom. The van der Waals surface area contributed by atoms with Gasteiger partial charge in [-0.15, -0.1) is 0 Å². The molecule has 0 atom stereocenters. The van der Waals surface area contributed by atoms with E-state index in [0.29, 0.717) is 76.4 Å². The number of hydrogen-bond acceptors (Lipinski definition) is 11. The number of nitrogens with one attached hydrogen (secondary N) is 1. The van der Waals surface area contributed by atoms with Gasteiger partial charge in [-0.1, -0.05) is 0 Å². The summed E-state index contributed by atoms with van der Waals surface area (Å²) in [6.07, 6.45) is 8.27. The van der Waals surface area contributed by atoms with Gasteiger partial charge in [0.25, 0.3) is 11.1 Å². The molecule has 0 bridgehead atoms. The van der Waals surface area contributed by atoms with E-state index in [-0.39, 0.29) is 29.2 Å². The van der Waals surface area contributed by atoms with Crippen molar-refractivity contribution in [2.45, 2.75) is 105 Å². The maximum absolute atomic E-state index is 12.9. The lowest BCUT2D eigenvalue weighted by molar-refractivity contribution is -0.159. The monoisotopic (exact) mass is 786 g/mol. The van der Waals surface area contributed by atoms with Gasteiger partial charge in [0.15, 0.2) is 0 Å². The molecule has 0 radical (unpaired) electrons. The highest BCUT2D eigenvalue weighted by atomic mass is 16.6. The zero-order valence-corrected chi connectivity index (χ0v) is 34.1. The number of hydrogen-bond donors (Lipinski definition) is 1. The average molecular weight is 787 g/mol. The highest BCUT2D eigenvalue weighted by molar-refractivity contribution is 5.78. The summed E-state index contributed by atoms with van der Waals surface area (Å²) >= 11 is 0. The Bertz CT molecular complexity index is 2110. The number of carbonyl (C=O) groups excluding carboxylic acids is 3. The Balaban J connectivity index is 0.000000224. The Labute approximate surface area is 333 Å². The molecule has 4 aromatic heterocycles. The number of piperidine rings is 2. The van der Waals surface area contributed by atoms with Gasteiger partial charge in [-0.2, -0.15) is 0 Å². The zero-order valence-electron chi connectivity index (χ0n) is 34.1. The third-order valence-electron chi connectivity index (χ3n) is 10.9. The first kappa shape index (κ1) is 43.0. The molecule has 0 saturated carbocycles. The average Bonchev–Trinajstić information content (AvgIpc) is 3.20. The number of rotatable bonds is 12. The van der Waals surface area contributed by atoms with Crippen LogP contribution < -0.4 is 16.4 Å². The van der Waals surface area contributed by atoms with Crippen molar-refractivity contribution in [2.24, 2.45) is 10.8 Å². The van der Waals surface area contributed by atoms with Crippen LogP contribution in [-0.2, 0) is 36.9 Å². The van der Waals surface area contributed by atoms with E-state index in [1.807, 2.05) is 52.0 Å². The van der Waals surface area contributed by atoms with Gasteiger partial charge >= 0.3 is 18.0 Å². The van der Waals surface area contributed by atoms with Crippen LogP contribution in [0.1, 0.15) is 86.0 Å². The van der Waals surface area contributed by atoms with Gasteiger partial charge < -0.3 is 24.4 Å². The number of amides is 1. The summed E-state index contributed by atoms with van der Waals surface area (Å²) in [7, 11) is 0. The molecule has 2 aliphatic heterocycles. The largest absolute Gasteiger partial charge is 0.466 e. The molecule has 2 aliphatic rings. The lowest BCUT2D eigenvalue weighted by atomic mass is 9.74. The van der Waals surface area contributed by atoms with Crippen molar-refractivity contribution >= 4 is 40.1 Å². The Hall–Kier alpha value is -5.11. The first-order chi connectivity index (χ1) is 27.3. The molecule has 0 spiro atoms. The number of aromatic nitrogens is 4. The molecule has 0 aliphatic carbocycles. The van der Waals surface area contributed by atoms with Crippen molar-refractivity contribution < 1.29 is 28.6 Å². The number of nitrogens with zero attached hydrogens (tertiary/aromatic N) is 5. The third-order valence-corrected chi connectivity index (χ3v) is 10.9. The summed E-state index contributed by atoms with van der Waals surface area (Å²) in [6, 6.07) is 14.3. The molecule has 0 unspecified atom stereocenters. The summed E-state index contributed by atoms with van der Waals surface area (Å²) in [5, 5.41) is 5.15. The maximum Gasteiger partial charge on any atom is 0.410 e. The molecule has 6 heterocycles. The van der Waals surface area contributed by atoms with E-state index in [4.69, 9.17) is 14.2 Å². The van der Waals surface area contributed by atoms with E-state index in [1.54, 1.807) is 57.6 Å². The highest BCUT2D eigenvalue weighted by Crippen LogP contribution is 2.39. The van der Waals surface area contributed by atoms with Crippen molar-refractivity contribution in [1.29, 1.82) is 0 Å². The molecule has 57 heavy (non-hydrogen) atoms. The lowest BCUT2D eigenvalue weighted by Crippen LogP contribution is -2.48. The minimum atomic E-state index is -0.670. The Morgan fingerprint density at radius 1 is 0.702 bits per heavy atom. The number of pyridine rings is 4. The fourth-order valence-corrected chi connectivity index (χ4v) is 7.85. The minimum absolute atomic E-state index is 0.0540. The van der Waals surface area contributed by atoms with Crippen LogP contribution in [0.5, 0.6) is 0 Å². The van der Waals surface area contributed by atoms with Crippen LogP contribution in [0.4, 0.5) is 4.79 Å². The second-order valence-corrected chi connectivity index (χ2v) is 15.9. The molecule has 2 saturated heterocycles. The van der Waals surface area contributed by atoms with Gasteiger partial charge in [0, 0.05) is 61.5 Å². The van der Waals surface area contributed by atoms with Crippen molar-refractivity contribution in [1.82, 2.24) is 29.3 Å². The summed E-state index contributed by atoms with van der Waals surface area (Å²) in [6.45, 7) is 13.4. The Morgan fingerprint density at radius 2 is 1.16 bits per heavy atom. The number of aryl methyl sites for hydroxylation is 2. The fraction of sp³-hybridized carbons (Fsp3) is 0.558. The van der Waals surface area contributed by atoms with E-state index in [1.165, 1.54) is 0 Å². The topological polar surface area (TPSA) is 164 Å². The van der Waals surface area contributed by atoms with Crippen molar-refractivity contribution in [3.05, 3.63) is 81.6 Å². The van der Waals surface area contributed by atoms with E-state index < -0.39 is 16.4 Å². The van der Waals surface area contributed by atoms with Crippen molar-refractivity contribution in [3.63, 3.8) is 0 Å². The van der Waals surface area contributed by atoms with Gasteiger partial charge in [-0.05, 0) is 135 Å². The smallest absolute Gasteiger partial charge is 0.410 e. The van der Waals surface area contributed by atoms with Gasteiger partial charge in [-0.25, -0.2) is 14.8 Å². The molecule has 4 aromatic rings. The number of esters is 2. The highest BCUT2D eigenvalue weighted by Gasteiger charge is 2.44. The summed E-state index contributed by atoms with van der Waals surface area (Å²) in [5.74, 6) is -0.327. The van der Waals surface area contributed by atoms with Gasteiger partial charge in [0.1, 0.15) is 16.9 Å². The van der Waals surface area contributed by atoms with Gasteiger partial charge in [0.05, 0.1) is 24.0 Å². The minimum Gasteiger partial charge on any atom is -0.466 e. The predicted molar refractivity (Wildman–Crippen MR) is 218 cm³/mol. The molecule has 14 heteroatoms. The summed E-state index contributed by atoms with van der Waals surface area (Å²) in [4.78, 5) is 72.9. The molecule has 2 fully saturated rings. The molecule has 1 N–H and O–H groups in total. The predicted octanol–water partition coefficient (Wildman–Crippen LogP) is 5.87. The van der Waals surface area contributed by atoms with E-state index in [0.717, 1.165) is 49.5 Å². The van der Waals surface area contributed by atoms with E-state index >= 15 is 0 Å². The second-order valence-electron chi connectivity index (χ2n) is 15.9. The molecule has 0 aromatic carbocycles. The van der Waals surface area contributed by atoms with Crippen LogP contribution >= 0.6 is 0 Å². The van der Waals surface area contributed by atoms with Crippen LogP contribution in [0.25, 0.3) is 22.1 Å². The molecular weight excluding hydrogens is 729 g/mol. The number of carbonyl (C=O) groups is 3. The van der Waals surface area contributed by atoms with Gasteiger partial charge in [-0.3, -0.25) is 28.3 Å².